The molecule has 0 saturated heterocycles. The monoisotopic (exact) mass is 160 g/mol. The van der Waals surface area contributed by atoms with E-state index in [0.717, 1.165) is 6.42 Å². The van der Waals surface area contributed by atoms with Crippen molar-refractivity contribution in [2.24, 2.45) is 5.92 Å². The van der Waals surface area contributed by atoms with Crippen molar-refractivity contribution in [2.75, 3.05) is 0 Å². The minimum Gasteiger partial charge on any atom is -0.393 e. The number of hydrogen-bond donors (Lipinski definition) is 3. The van der Waals surface area contributed by atoms with Crippen molar-refractivity contribution < 1.29 is 15.3 Å². The zero-order chi connectivity index (χ0) is 8.43. The number of hydrogen-bond acceptors (Lipinski definition) is 3. The zero-order valence-electron chi connectivity index (χ0n) is 6.77. The van der Waals surface area contributed by atoms with Crippen LogP contribution in [0.25, 0.3) is 0 Å². The van der Waals surface area contributed by atoms with Crippen molar-refractivity contribution >= 4 is 0 Å². The van der Waals surface area contributed by atoms with E-state index in [0.29, 0.717) is 12.8 Å². The maximum atomic E-state index is 9.39. The quantitative estimate of drug-likeness (QED) is 0.501. The first-order valence-corrected chi connectivity index (χ1v) is 4.17. The van der Waals surface area contributed by atoms with Crippen molar-refractivity contribution in [3.05, 3.63) is 0 Å². The van der Waals surface area contributed by atoms with Gasteiger partial charge < -0.3 is 15.3 Å². The van der Waals surface area contributed by atoms with E-state index >= 15 is 0 Å². The molecule has 0 aromatic heterocycles. The van der Waals surface area contributed by atoms with Crippen LogP contribution < -0.4 is 0 Å². The first-order valence-electron chi connectivity index (χ1n) is 4.17. The van der Waals surface area contributed by atoms with E-state index in [2.05, 4.69) is 0 Å². The molecular formula is C8H16O3. The Morgan fingerprint density at radius 2 is 1.64 bits per heavy atom. The fourth-order valence-electron chi connectivity index (χ4n) is 1.82. The maximum absolute atomic E-state index is 9.39. The second-order valence-corrected chi connectivity index (χ2v) is 3.38. The molecule has 0 aromatic rings. The molecule has 0 radical (unpaired) electrons. The molecular weight excluding hydrogens is 144 g/mol. The third-order valence-corrected chi connectivity index (χ3v) is 2.45. The van der Waals surface area contributed by atoms with Gasteiger partial charge in [-0.15, -0.1) is 0 Å². The molecule has 1 aliphatic carbocycles. The average molecular weight is 160 g/mol. The second-order valence-electron chi connectivity index (χ2n) is 3.38. The molecule has 3 nitrogen and oxygen atoms in total. The van der Waals surface area contributed by atoms with Crippen molar-refractivity contribution in [1.29, 1.82) is 0 Å². The fraction of sp³-hybridized carbons (Fsp3) is 1.00. The summed E-state index contributed by atoms with van der Waals surface area (Å²) in [6.45, 7) is 1.61. The number of aliphatic hydroxyl groups is 3. The van der Waals surface area contributed by atoms with Gasteiger partial charge in [-0.1, -0.05) is 0 Å². The molecule has 1 rings (SSSR count). The summed E-state index contributed by atoms with van der Waals surface area (Å²) in [4.78, 5) is 0. The number of rotatable bonds is 1. The molecule has 1 unspecified atom stereocenters. The van der Waals surface area contributed by atoms with Crippen LogP contribution in [0.1, 0.15) is 26.2 Å². The van der Waals surface area contributed by atoms with E-state index in [9.17, 15) is 15.3 Å². The Hall–Kier alpha value is -0.120. The van der Waals surface area contributed by atoms with Crippen LogP contribution in [0.15, 0.2) is 0 Å². The van der Waals surface area contributed by atoms with Gasteiger partial charge in [0, 0.05) is 5.92 Å². The molecule has 3 N–H and O–H groups in total. The Bertz CT molecular complexity index is 115. The summed E-state index contributed by atoms with van der Waals surface area (Å²) >= 11 is 0. The van der Waals surface area contributed by atoms with Crippen LogP contribution >= 0.6 is 0 Å². The lowest BCUT2D eigenvalue weighted by Crippen LogP contribution is -2.42. The van der Waals surface area contributed by atoms with Gasteiger partial charge in [-0.05, 0) is 26.2 Å². The van der Waals surface area contributed by atoms with Gasteiger partial charge in [0.05, 0.1) is 18.3 Å². The van der Waals surface area contributed by atoms with Crippen molar-refractivity contribution in [3.8, 4) is 0 Å². The molecule has 4 atom stereocenters. The highest BCUT2D eigenvalue weighted by Crippen LogP contribution is 2.27. The highest BCUT2D eigenvalue weighted by Gasteiger charge is 2.33. The van der Waals surface area contributed by atoms with Crippen LogP contribution in [0.4, 0.5) is 0 Å². The minimum atomic E-state index is -0.611. The molecule has 11 heavy (non-hydrogen) atoms. The summed E-state index contributed by atoms with van der Waals surface area (Å²) in [6.07, 6.45) is 0.586. The van der Waals surface area contributed by atoms with Crippen LogP contribution in [0.5, 0.6) is 0 Å². The van der Waals surface area contributed by atoms with E-state index in [1.807, 2.05) is 0 Å². The molecule has 1 saturated carbocycles. The van der Waals surface area contributed by atoms with Crippen molar-refractivity contribution in [2.45, 2.75) is 44.5 Å². The van der Waals surface area contributed by atoms with Crippen LogP contribution in [-0.4, -0.2) is 33.6 Å². The van der Waals surface area contributed by atoms with Crippen LogP contribution in [0.3, 0.4) is 0 Å². The van der Waals surface area contributed by atoms with E-state index < -0.39 is 18.3 Å². The first-order chi connectivity index (χ1) is 5.13. The summed E-state index contributed by atoms with van der Waals surface area (Å²) in [5, 5.41) is 28.0. The average Bonchev–Trinajstić information content (AvgIpc) is 1.85. The Labute approximate surface area is 66.7 Å². The molecule has 1 fully saturated rings. The Kier molecular flexibility index (Phi) is 2.87. The molecule has 0 heterocycles. The van der Waals surface area contributed by atoms with Crippen molar-refractivity contribution in [3.63, 3.8) is 0 Å². The standard InChI is InChI=1S/C8H16O3/c1-5(9)8-6(10)3-2-4-7(8)11/h5-11H,2-4H2,1H3/t5-,6-,7+,8?/m1/s1. The van der Waals surface area contributed by atoms with Crippen LogP contribution in [0.2, 0.25) is 0 Å². The topological polar surface area (TPSA) is 60.7 Å². The molecule has 0 amide bonds. The predicted molar refractivity (Wildman–Crippen MR) is 41.0 cm³/mol. The Morgan fingerprint density at radius 1 is 1.18 bits per heavy atom. The highest BCUT2D eigenvalue weighted by atomic mass is 16.3. The van der Waals surface area contributed by atoms with E-state index in [-0.39, 0.29) is 5.92 Å². The molecule has 3 heteroatoms. The Morgan fingerprint density at radius 3 is 1.91 bits per heavy atom. The fourth-order valence-corrected chi connectivity index (χ4v) is 1.82. The minimum absolute atomic E-state index is 0.344. The third-order valence-electron chi connectivity index (χ3n) is 2.45. The smallest absolute Gasteiger partial charge is 0.0617 e. The van der Waals surface area contributed by atoms with Crippen molar-refractivity contribution in [1.82, 2.24) is 0 Å². The lowest BCUT2D eigenvalue weighted by Gasteiger charge is -2.34. The van der Waals surface area contributed by atoms with Gasteiger partial charge in [0.15, 0.2) is 0 Å². The summed E-state index contributed by atoms with van der Waals surface area (Å²) in [7, 11) is 0. The second kappa shape index (κ2) is 3.52. The van der Waals surface area contributed by atoms with Gasteiger partial charge in [-0.3, -0.25) is 0 Å². The summed E-state index contributed by atoms with van der Waals surface area (Å²) in [5.41, 5.74) is 0. The highest BCUT2D eigenvalue weighted by molar-refractivity contribution is 4.84. The molecule has 1 aliphatic rings. The molecule has 0 bridgehead atoms. The molecule has 66 valence electrons. The van der Waals surface area contributed by atoms with Crippen LogP contribution in [-0.2, 0) is 0 Å². The molecule has 0 aromatic carbocycles. The lowest BCUT2D eigenvalue weighted by atomic mass is 9.81. The SMILES string of the molecule is C[C@@H](O)C1[C@H](O)CCC[C@@H]1O. The predicted octanol–water partition coefficient (Wildman–Crippen LogP) is -0.111. The van der Waals surface area contributed by atoms with Gasteiger partial charge in [0.1, 0.15) is 0 Å². The molecule has 0 spiro atoms. The van der Waals surface area contributed by atoms with Gasteiger partial charge >= 0.3 is 0 Å². The third kappa shape index (κ3) is 1.92. The summed E-state index contributed by atoms with van der Waals surface area (Å²) in [5.74, 6) is -0.344. The van der Waals surface area contributed by atoms with E-state index in [1.54, 1.807) is 6.92 Å². The Balaban J connectivity index is 2.55. The van der Waals surface area contributed by atoms with Gasteiger partial charge in [-0.25, -0.2) is 0 Å². The zero-order valence-corrected chi connectivity index (χ0v) is 6.77. The first kappa shape index (κ1) is 8.97. The normalized spacial score (nSPS) is 42.0. The van der Waals surface area contributed by atoms with E-state index in [1.165, 1.54) is 0 Å². The largest absolute Gasteiger partial charge is 0.393 e. The maximum Gasteiger partial charge on any atom is 0.0617 e. The van der Waals surface area contributed by atoms with Gasteiger partial charge in [-0.2, -0.15) is 0 Å². The van der Waals surface area contributed by atoms with Gasteiger partial charge in [0.25, 0.3) is 0 Å². The summed E-state index contributed by atoms with van der Waals surface area (Å²) in [6, 6.07) is 0. The van der Waals surface area contributed by atoms with Gasteiger partial charge in [0.2, 0.25) is 0 Å². The lowest BCUT2D eigenvalue weighted by molar-refractivity contribution is -0.0756. The van der Waals surface area contributed by atoms with Crippen LogP contribution in [0, 0.1) is 5.92 Å². The summed E-state index contributed by atoms with van der Waals surface area (Å²) < 4.78 is 0. The molecule has 0 aliphatic heterocycles. The van der Waals surface area contributed by atoms with E-state index in [4.69, 9.17) is 0 Å². The number of aliphatic hydroxyl groups excluding tert-OH is 3.